The van der Waals surface area contributed by atoms with Crippen molar-refractivity contribution in [1.29, 1.82) is 0 Å². The van der Waals surface area contributed by atoms with Crippen LogP contribution in [0.5, 0.6) is 5.75 Å². The zero-order valence-electron chi connectivity index (χ0n) is 14.6. The third-order valence-corrected chi connectivity index (χ3v) is 4.18. The van der Waals surface area contributed by atoms with Gasteiger partial charge in [0, 0.05) is 13.1 Å². The molecule has 2 rings (SSSR count). The molecule has 1 unspecified atom stereocenters. The number of halogens is 4. The Morgan fingerprint density at radius 2 is 2.04 bits per heavy atom. The van der Waals surface area contributed by atoms with E-state index >= 15 is 0 Å². The summed E-state index contributed by atoms with van der Waals surface area (Å²) in [5, 5.41) is 9.90. The van der Waals surface area contributed by atoms with Gasteiger partial charge in [0.1, 0.15) is 18.5 Å². The van der Waals surface area contributed by atoms with Crippen molar-refractivity contribution < 1.29 is 23.0 Å². The van der Waals surface area contributed by atoms with Crippen LogP contribution in [0, 0.1) is 5.92 Å². The van der Waals surface area contributed by atoms with Crippen molar-refractivity contribution in [3.8, 4) is 5.75 Å². The SMILES string of the molecule is CC1CCN(C(N)=NCC(O)COc2cccc(C(F)(F)F)c2)CC1.I. The maximum Gasteiger partial charge on any atom is 0.416 e. The van der Waals surface area contributed by atoms with Gasteiger partial charge in [0.2, 0.25) is 0 Å². The predicted octanol–water partition coefficient (Wildman–Crippen LogP) is 3.11. The first-order chi connectivity index (χ1) is 11.8. The number of aliphatic hydroxyl groups excluding tert-OH is 1. The minimum Gasteiger partial charge on any atom is -0.491 e. The number of piperidine rings is 1. The van der Waals surface area contributed by atoms with E-state index < -0.39 is 17.8 Å². The lowest BCUT2D eigenvalue weighted by atomic mass is 10.00. The number of guanidine groups is 1. The van der Waals surface area contributed by atoms with Crippen LogP contribution in [0.15, 0.2) is 29.3 Å². The van der Waals surface area contributed by atoms with E-state index in [0.29, 0.717) is 11.9 Å². The molecule has 0 amide bonds. The van der Waals surface area contributed by atoms with Crippen molar-refractivity contribution >= 4 is 29.9 Å². The first-order valence-electron chi connectivity index (χ1n) is 8.28. The highest BCUT2D eigenvalue weighted by Gasteiger charge is 2.30. The van der Waals surface area contributed by atoms with E-state index in [1.807, 2.05) is 4.90 Å². The van der Waals surface area contributed by atoms with Gasteiger partial charge in [-0.15, -0.1) is 24.0 Å². The summed E-state index contributed by atoms with van der Waals surface area (Å²) < 4.78 is 43.1. The summed E-state index contributed by atoms with van der Waals surface area (Å²) in [6.07, 6.45) is -3.27. The highest BCUT2D eigenvalue weighted by Crippen LogP contribution is 2.31. The van der Waals surface area contributed by atoms with Gasteiger partial charge in [0.05, 0.1) is 12.1 Å². The molecule has 26 heavy (non-hydrogen) atoms. The largest absolute Gasteiger partial charge is 0.491 e. The molecule has 1 aromatic rings. The van der Waals surface area contributed by atoms with Crippen molar-refractivity contribution in [3.05, 3.63) is 29.8 Å². The molecule has 9 heteroatoms. The maximum absolute atomic E-state index is 12.6. The second kappa shape index (κ2) is 10.2. The number of nitrogens with two attached hydrogens (primary N) is 1. The number of nitrogens with zero attached hydrogens (tertiary/aromatic N) is 2. The molecule has 0 aliphatic carbocycles. The Morgan fingerprint density at radius 3 is 2.65 bits per heavy atom. The molecule has 1 aliphatic heterocycles. The van der Waals surface area contributed by atoms with E-state index in [1.54, 1.807) is 0 Å². The van der Waals surface area contributed by atoms with Gasteiger partial charge in [-0.2, -0.15) is 13.2 Å². The summed E-state index contributed by atoms with van der Waals surface area (Å²) >= 11 is 0. The van der Waals surface area contributed by atoms with Crippen LogP contribution in [0.4, 0.5) is 13.2 Å². The van der Waals surface area contributed by atoms with E-state index in [1.165, 1.54) is 12.1 Å². The highest BCUT2D eigenvalue weighted by atomic mass is 127. The Labute approximate surface area is 168 Å². The van der Waals surface area contributed by atoms with Crippen molar-refractivity contribution in [1.82, 2.24) is 4.90 Å². The van der Waals surface area contributed by atoms with Crippen LogP contribution in [0.3, 0.4) is 0 Å². The Kier molecular flexibility index (Phi) is 8.94. The fourth-order valence-electron chi connectivity index (χ4n) is 2.54. The molecular formula is C17H25F3IN3O2. The van der Waals surface area contributed by atoms with Gasteiger partial charge in [-0.25, -0.2) is 0 Å². The molecule has 1 aromatic carbocycles. The van der Waals surface area contributed by atoms with Crippen LogP contribution >= 0.6 is 24.0 Å². The summed E-state index contributed by atoms with van der Waals surface area (Å²) in [7, 11) is 0. The van der Waals surface area contributed by atoms with Crippen LogP contribution in [0.25, 0.3) is 0 Å². The molecular weight excluding hydrogens is 462 g/mol. The fourth-order valence-corrected chi connectivity index (χ4v) is 2.54. The van der Waals surface area contributed by atoms with E-state index in [4.69, 9.17) is 10.5 Å². The molecule has 0 aromatic heterocycles. The molecule has 1 heterocycles. The van der Waals surface area contributed by atoms with Gasteiger partial charge < -0.3 is 20.5 Å². The predicted molar refractivity (Wildman–Crippen MR) is 105 cm³/mol. The standard InChI is InChI=1S/C17H24F3N3O2.HI/c1-12-5-7-23(8-6-12)16(21)22-10-14(24)11-25-15-4-2-3-13(9-15)17(18,19)20;/h2-4,9,12,14,24H,5-8,10-11H2,1H3,(H2,21,22);1H. The lowest BCUT2D eigenvalue weighted by Gasteiger charge is -2.31. The summed E-state index contributed by atoms with van der Waals surface area (Å²) in [5.74, 6) is 1.11. The monoisotopic (exact) mass is 487 g/mol. The topological polar surface area (TPSA) is 71.1 Å². The summed E-state index contributed by atoms with van der Waals surface area (Å²) in [5.41, 5.74) is 5.13. The van der Waals surface area contributed by atoms with Gasteiger partial charge in [-0.05, 0) is 37.0 Å². The van der Waals surface area contributed by atoms with Crippen molar-refractivity contribution in [2.45, 2.75) is 32.0 Å². The van der Waals surface area contributed by atoms with Gasteiger partial charge in [0.15, 0.2) is 5.96 Å². The second-order valence-corrected chi connectivity index (χ2v) is 6.36. The van der Waals surface area contributed by atoms with Crippen molar-refractivity contribution in [2.75, 3.05) is 26.2 Å². The summed E-state index contributed by atoms with van der Waals surface area (Å²) in [6, 6.07) is 4.54. The number of hydrogen-bond donors (Lipinski definition) is 2. The molecule has 1 atom stereocenters. The van der Waals surface area contributed by atoms with E-state index in [0.717, 1.165) is 38.1 Å². The molecule has 0 bridgehead atoms. The minimum absolute atomic E-state index is 0. The Hall–Kier alpha value is -1.23. The third-order valence-electron chi connectivity index (χ3n) is 4.18. The first kappa shape index (κ1) is 22.8. The maximum atomic E-state index is 12.6. The Balaban J connectivity index is 0.00000338. The lowest BCUT2D eigenvalue weighted by molar-refractivity contribution is -0.137. The molecule has 1 fully saturated rings. The number of alkyl halides is 3. The Morgan fingerprint density at radius 1 is 1.38 bits per heavy atom. The molecule has 3 N–H and O–H groups in total. The van der Waals surface area contributed by atoms with Gasteiger partial charge in [-0.3, -0.25) is 4.99 Å². The molecule has 0 saturated carbocycles. The van der Waals surface area contributed by atoms with Crippen LogP contribution in [0.2, 0.25) is 0 Å². The lowest BCUT2D eigenvalue weighted by Crippen LogP contribution is -2.43. The van der Waals surface area contributed by atoms with E-state index in [-0.39, 0.29) is 42.9 Å². The van der Waals surface area contributed by atoms with Crippen LogP contribution in [-0.2, 0) is 6.18 Å². The molecule has 148 valence electrons. The third kappa shape index (κ3) is 7.18. The smallest absolute Gasteiger partial charge is 0.416 e. The van der Waals surface area contributed by atoms with Gasteiger partial charge in [0.25, 0.3) is 0 Å². The number of aliphatic imine (C=N–C) groups is 1. The fraction of sp³-hybridized carbons (Fsp3) is 0.588. The molecule has 5 nitrogen and oxygen atoms in total. The van der Waals surface area contributed by atoms with Crippen molar-refractivity contribution in [3.63, 3.8) is 0 Å². The first-order valence-corrected chi connectivity index (χ1v) is 8.28. The molecule has 0 radical (unpaired) electrons. The van der Waals surface area contributed by atoms with Crippen LogP contribution in [-0.4, -0.2) is 48.3 Å². The zero-order valence-corrected chi connectivity index (χ0v) is 16.9. The average molecular weight is 487 g/mol. The number of likely N-dealkylation sites (tertiary alicyclic amines) is 1. The van der Waals surface area contributed by atoms with Gasteiger partial charge in [-0.1, -0.05) is 13.0 Å². The van der Waals surface area contributed by atoms with Crippen LogP contribution < -0.4 is 10.5 Å². The van der Waals surface area contributed by atoms with E-state index in [2.05, 4.69) is 11.9 Å². The summed E-state index contributed by atoms with van der Waals surface area (Å²) in [6.45, 7) is 3.76. The number of ether oxygens (including phenoxy) is 1. The summed E-state index contributed by atoms with van der Waals surface area (Å²) in [4.78, 5) is 6.12. The normalized spacial score (nSPS) is 17.6. The molecule has 1 aliphatic rings. The molecule has 1 saturated heterocycles. The Bertz CT molecular complexity index is 591. The second-order valence-electron chi connectivity index (χ2n) is 6.36. The minimum atomic E-state index is -4.43. The highest BCUT2D eigenvalue weighted by molar-refractivity contribution is 14.0. The van der Waals surface area contributed by atoms with Crippen LogP contribution in [0.1, 0.15) is 25.3 Å². The van der Waals surface area contributed by atoms with E-state index in [9.17, 15) is 18.3 Å². The van der Waals surface area contributed by atoms with Gasteiger partial charge >= 0.3 is 6.18 Å². The number of aliphatic hydroxyl groups is 1. The average Bonchev–Trinajstić information content (AvgIpc) is 2.58. The number of hydrogen-bond acceptors (Lipinski definition) is 3. The zero-order chi connectivity index (χ0) is 18.4. The van der Waals surface area contributed by atoms with Crippen molar-refractivity contribution in [2.24, 2.45) is 16.6 Å². The number of benzene rings is 1. The number of rotatable bonds is 5. The molecule has 0 spiro atoms. The quantitative estimate of drug-likeness (QED) is 0.381.